The molecule has 72 valence electrons. The third kappa shape index (κ3) is 0.570. The van der Waals surface area contributed by atoms with Crippen LogP contribution in [-0.4, -0.2) is 11.1 Å². The number of rotatable bonds is 1. The maximum atomic E-state index is 11.3. The van der Waals surface area contributed by atoms with Gasteiger partial charge >= 0.3 is 5.97 Å². The fourth-order valence-corrected chi connectivity index (χ4v) is 4.68. The molecular formula is C11H16O2. The minimum Gasteiger partial charge on any atom is -0.481 e. The predicted octanol–water partition coefficient (Wildman–Crippen LogP) is 2.29. The minimum absolute atomic E-state index is 0.316. The molecule has 4 aliphatic rings. The normalized spacial score (nSPS) is 62.2. The van der Waals surface area contributed by atoms with Crippen molar-refractivity contribution in [3.8, 4) is 0 Å². The van der Waals surface area contributed by atoms with E-state index in [9.17, 15) is 9.90 Å². The first kappa shape index (κ1) is 7.84. The predicted molar refractivity (Wildman–Crippen MR) is 48.2 cm³/mol. The molecule has 2 unspecified atom stereocenters. The molecule has 2 atom stereocenters. The summed E-state index contributed by atoms with van der Waals surface area (Å²) in [7, 11) is 0. The number of carbonyl (C=O) groups is 1. The van der Waals surface area contributed by atoms with Crippen molar-refractivity contribution in [2.75, 3.05) is 0 Å². The summed E-state index contributed by atoms with van der Waals surface area (Å²) in [5.41, 5.74) is 0.371. The largest absolute Gasteiger partial charge is 0.481 e. The highest BCUT2D eigenvalue weighted by molar-refractivity contribution is 5.78. The Morgan fingerprint density at radius 2 is 1.69 bits per heavy atom. The molecule has 0 spiro atoms. The van der Waals surface area contributed by atoms with Crippen LogP contribution in [0.25, 0.3) is 0 Å². The Hall–Kier alpha value is -0.530. The summed E-state index contributed by atoms with van der Waals surface area (Å²) >= 11 is 0. The Morgan fingerprint density at radius 1 is 1.23 bits per heavy atom. The van der Waals surface area contributed by atoms with E-state index >= 15 is 0 Å². The van der Waals surface area contributed by atoms with Gasteiger partial charge < -0.3 is 5.11 Å². The molecule has 2 heteroatoms. The molecule has 0 radical (unpaired) electrons. The number of hydrogen-bond donors (Lipinski definition) is 1. The standard InChI is InChI=1S/C11H16O2/c1-9-3-7-4-10(9,2)6-11(7,5-9)8(12)13/h7H,3-6H2,1-2H3,(H,12,13). The summed E-state index contributed by atoms with van der Waals surface area (Å²) in [5, 5.41) is 9.32. The number of aliphatic carboxylic acids is 1. The van der Waals surface area contributed by atoms with Crippen LogP contribution in [0, 0.1) is 22.2 Å². The molecule has 4 rings (SSSR count). The zero-order valence-corrected chi connectivity index (χ0v) is 8.26. The van der Waals surface area contributed by atoms with E-state index in [1.165, 1.54) is 0 Å². The van der Waals surface area contributed by atoms with E-state index in [1.807, 2.05) is 0 Å². The Bertz CT molecular complexity index is 289. The Balaban J connectivity index is 2.14. The molecule has 4 saturated carbocycles. The quantitative estimate of drug-likeness (QED) is 0.672. The van der Waals surface area contributed by atoms with Crippen LogP contribution in [0.1, 0.15) is 39.5 Å². The lowest BCUT2D eigenvalue weighted by atomic mass is 9.71. The molecule has 0 aromatic heterocycles. The van der Waals surface area contributed by atoms with Crippen molar-refractivity contribution in [1.29, 1.82) is 0 Å². The van der Waals surface area contributed by atoms with Crippen molar-refractivity contribution < 1.29 is 9.90 Å². The van der Waals surface area contributed by atoms with Gasteiger partial charge in [0.15, 0.2) is 0 Å². The first-order chi connectivity index (χ1) is 5.92. The van der Waals surface area contributed by atoms with Gasteiger partial charge in [0.25, 0.3) is 0 Å². The average molecular weight is 180 g/mol. The van der Waals surface area contributed by atoms with Crippen LogP contribution in [0.15, 0.2) is 0 Å². The molecule has 13 heavy (non-hydrogen) atoms. The van der Waals surface area contributed by atoms with Crippen molar-refractivity contribution in [2.45, 2.75) is 39.5 Å². The van der Waals surface area contributed by atoms with Crippen LogP contribution in [0.4, 0.5) is 0 Å². The summed E-state index contributed by atoms with van der Waals surface area (Å²) in [6.45, 7) is 4.59. The van der Waals surface area contributed by atoms with E-state index < -0.39 is 5.97 Å². The van der Waals surface area contributed by atoms with Crippen molar-refractivity contribution >= 4 is 5.97 Å². The first-order valence-electron chi connectivity index (χ1n) is 5.15. The van der Waals surface area contributed by atoms with Crippen LogP contribution in [-0.2, 0) is 4.79 Å². The van der Waals surface area contributed by atoms with Gasteiger partial charge in [0.05, 0.1) is 5.41 Å². The average Bonchev–Trinajstić information content (AvgIpc) is 2.49. The van der Waals surface area contributed by atoms with E-state index in [4.69, 9.17) is 0 Å². The van der Waals surface area contributed by atoms with Gasteiger partial charge in [-0.25, -0.2) is 0 Å². The lowest BCUT2D eigenvalue weighted by Gasteiger charge is -2.33. The molecule has 2 nitrogen and oxygen atoms in total. The van der Waals surface area contributed by atoms with Crippen LogP contribution < -0.4 is 0 Å². The monoisotopic (exact) mass is 180 g/mol. The second kappa shape index (κ2) is 1.67. The fourth-order valence-electron chi connectivity index (χ4n) is 4.68. The van der Waals surface area contributed by atoms with Gasteiger partial charge in [0.2, 0.25) is 0 Å². The van der Waals surface area contributed by atoms with Crippen molar-refractivity contribution in [3.63, 3.8) is 0 Å². The Morgan fingerprint density at radius 3 is 1.85 bits per heavy atom. The summed E-state index contributed by atoms with van der Waals surface area (Å²) in [6.07, 6.45) is 4.21. The first-order valence-corrected chi connectivity index (χ1v) is 5.15. The highest BCUT2D eigenvalue weighted by Crippen LogP contribution is 2.81. The molecule has 4 fully saturated rings. The lowest BCUT2D eigenvalue weighted by Crippen LogP contribution is -2.29. The molecule has 0 saturated heterocycles. The van der Waals surface area contributed by atoms with Gasteiger partial charge in [-0.3, -0.25) is 4.79 Å². The zero-order valence-electron chi connectivity index (χ0n) is 8.26. The minimum atomic E-state index is -0.526. The van der Waals surface area contributed by atoms with Crippen LogP contribution in [0.5, 0.6) is 0 Å². The molecule has 0 aromatic carbocycles. The van der Waals surface area contributed by atoms with Gasteiger partial charge in [-0.1, -0.05) is 13.8 Å². The highest BCUT2D eigenvalue weighted by Gasteiger charge is 2.76. The summed E-state index contributed by atoms with van der Waals surface area (Å²) in [4.78, 5) is 11.3. The topological polar surface area (TPSA) is 37.3 Å². The van der Waals surface area contributed by atoms with Gasteiger partial charge in [-0.15, -0.1) is 0 Å². The number of carboxylic acids is 1. The van der Waals surface area contributed by atoms with E-state index in [0.717, 1.165) is 25.7 Å². The smallest absolute Gasteiger partial charge is 0.309 e. The third-order valence-electron chi connectivity index (χ3n) is 5.47. The van der Waals surface area contributed by atoms with E-state index in [2.05, 4.69) is 13.8 Å². The molecule has 0 heterocycles. The van der Waals surface area contributed by atoms with Gasteiger partial charge in [-0.2, -0.15) is 0 Å². The highest BCUT2D eigenvalue weighted by atomic mass is 16.4. The van der Waals surface area contributed by atoms with Gasteiger partial charge in [-0.05, 0) is 42.4 Å². The van der Waals surface area contributed by atoms with Gasteiger partial charge in [0.1, 0.15) is 0 Å². The van der Waals surface area contributed by atoms with Crippen LogP contribution >= 0.6 is 0 Å². The van der Waals surface area contributed by atoms with Crippen molar-refractivity contribution in [2.24, 2.45) is 22.2 Å². The van der Waals surface area contributed by atoms with Crippen LogP contribution in [0.3, 0.4) is 0 Å². The molecule has 0 aliphatic heterocycles. The summed E-state index contributed by atoms with van der Waals surface area (Å²) in [6, 6.07) is 0. The molecule has 4 bridgehead atoms. The lowest BCUT2D eigenvalue weighted by molar-refractivity contribution is -0.149. The third-order valence-corrected chi connectivity index (χ3v) is 5.47. The maximum absolute atomic E-state index is 11.3. The molecule has 0 amide bonds. The zero-order chi connectivity index (χ0) is 9.48. The molecule has 0 aromatic rings. The molecular weight excluding hydrogens is 164 g/mol. The molecule has 1 N–H and O–H groups in total. The number of hydrogen-bond acceptors (Lipinski definition) is 1. The Labute approximate surface area is 78.3 Å². The summed E-state index contributed by atoms with van der Waals surface area (Å²) in [5.74, 6) is -0.0394. The fraction of sp³-hybridized carbons (Fsp3) is 0.909. The summed E-state index contributed by atoms with van der Waals surface area (Å²) < 4.78 is 0. The van der Waals surface area contributed by atoms with Crippen LogP contribution in [0.2, 0.25) is 0 Å². The van der Waals surface area contributed by atoms with Crippen molar-refractivity contribution in [1.82, 2.24) is 0 Å². The van der Waals surface area contributed by atoms with E-state index in [1.54, 1.807) is 0 Å². The molecule has 4 aliphatic carbocycles. The van der Waals surface area contributed by atoms with Gasteiger partial charge in [0, 0.05) is 0 Å². The Kier molecular flexibility index (Phi) is 1.00. The maximum Gasteiger partial charge on any atom is 0.309 e. The SMILES string of the molecule is CC12CC3CC1(C)CC3(C(=O)O)C2. The second-order valence-electron chi connectivity index (χ2n) is 6.04. The van der Waals surface area contributed by atoms with E-state index in [0.29, 0.717) is 16.7 Å². The second-order valence-corrected chi connectivity index (χ2v) is 6.04. The van der Waals surface area contributed by atoms with Crippen molar-refractivity contribution in [3.05, 3.63) is 0 Å². The van der Waals surface area contributed by atoms with E-state index in [-0.39, 0.29) is 5.41 Å². The number of carboxylic acid groups (broad SMARTS) is 1.